The van der Waals surface area contributed by atoms with Crippen LogP contribution in [0.15, 0.2) is 24.3 Å². The van der Waals surface area contributed by atoms with Crippen LogP contribution in [0.1, 0.15) is 20.4 Å². The Balaban J connectivity index is 1.62. The molecule has 0 fully saturated rings. The number of amides is 3. The van der Waals surface area contributed by atoms with Crippen molar-refractivity contribution in [2.45, 2.75) is 19.0 Å². The van der Waals surface area contributed by atoms with E-state index in [0.717, 1.165) is 30.1 Å². The number of nitrogens with one attached hydrogen (secondary N) is 3. The standard InChI is InChI=1S/C21H25FN6O3S2/c1-27(2)21(31)15(10-23-19(32)17(29)24-13-6-4-12(22)5-7-13)25-18(30)20-26-14-8-9-28(3)11-16(14)33-20/h4-7,15H,8-11H2,1-3H3,(H,23,32)(H,24,29)(H,25,30). The highest BCUT2D eigenvalue weighted by molar-refractivity contribution is 7.82. The summed E-state index contributed by atoms with van der Waals surface area (Å²) in [6.07, 6.45) is 0.772. The molecule has 176 valence electrons. The number of hydrogen-bond acceptors (Lipinski definition) is 7. The van der Waals surface area contributed by atoms with E-state index in [1.165, 1.54) is 40.5 Å². The minimum absolute atomic E-state index is 0.0910. The number of halogens is 1. The molecule has 0 saturated heterocycles. The van der Waals surface area contributed by atoms with Crippen molar-refractivity contribution in [2.75, 3.05) is 39.5 Å². The Morgan fingerprint density at radius 2 is 1.97 bits per heavy atom. The van der Waals surface area contributed by atoms with Gasteiger partial charge in [-0.1, -0.05) is 12.2 Å². The molecule has 0 saturated carbocycles. The maximum Gasteiger partial charge on any atom is 0.283 e. The van der Waals surface area contributed by atoms with Gasteiger partial charge in [0.25, 0.3) is 11.8 Å². The smallest absolute Gasteiger partial charge is 0.283 e. The van der Waals surface area contributed by atoms with Gasteiger partial charge in [0, 0.05) is 50.7 Å². The Bertz CT molecular complexity index is 1060. The molecule has 1 unspecified atom stereocenters. The Hall–Kier alpha value is -2.96. The number of thiazole rings is 1. The second-order valence-corrected chi connectivity index (χ2v) is 9.30. The van der Waals surface area contributed by atoms with Crippen molar-refractivity contribution in [1.29, 1.82) is 0 Å². The van der Waals surface area contributed by atoms with Crippen LogP contribution in [0.2, 0.25) is 0 Å². The fourth-order valence-corrected chi connectivity index (χ4v) is 4.37. The summed E-state index contributed by atoms with van der Waals surface area (Å²) in [7, 11) is 5.15. The quantitative estimate of drug-likeness (QED) is 0.517. The molecule has 33 heavy (non-hydrogen) atoms. The third-order valence-electron chi connectivity index (χ3n) is 4.94. The normalized spacial score (nSPS) is 14.1. The Morgan fingerprint density at radius 1 is 1.27 bits per heavy atom. The molecule has 2 aromatic rings. The van der Waals surface area contributed by atoms with Gasteiger partial charge in [-0.2, -0.15) is 0 Å². The predicted octanol–water partition coefficient (Wildman–Crippen LogP) is 1.01. The van der Waals surface area contributed by atoms with Gasteiger partial charge in [-0.05, 0) is 31.3 Å². The molecule has 1 aromatic carbocycles. The zero-order chi connectivity index (χ0) is 24.1. The Labute approximate surface area is 200 Å². The zero-order valence-electron chi connectivity index (χ0n) is 18.5. The van der Waals surface area contributed by atoms with Gasteiger partial charge in [0.05, 0.1) is 5.69 Å². The van der Waals surface area contributed by atoms with Crippen molar-refractivity contribution < 1.29 is 18.8 Å². The van der Waals surface area contributed by atoms with E-state index in [2.05, 4.69) is 25.8 Å². The van der Waals surface area contributed by atoms with Crippen LogP contribution in [0.3, 0.4) is 0 Å². The average molecular weight is 493 g/mol. The van der Waals surface area contributed by atoms with E-state index < -0.39 is 23.7 Å². The summed E-state index contributed by atoms with van der Waals surface area (Å²) in [6.45, 7) is 1.52. The second kappa shape index (κ2) is 10.8. The van der Waals surface area contributed by atoms with Crippen LogP contribution in [-0.2, 0) is 22.6 Å². The average Bonchev–Trinajstić information content (AvgIpc) is 3.20. The first kappa shape index (κ1) is 24.7. The molecule has 1 aromatic heterocycles. The number of thiocarbonyl (C=S) groups is 1. The lowest BCUT2D eigenvalue weighted by Crippen LogP contribution is -2.53. The minimum Gasteiger partial charge on any atom is -0.369 e. The number of benzene rings is 1. The number of carbonyl (C=O) groups excluding carboxylic acids is 3. The lowest BCUT2D eigenvalue weighted by molar-refractivity contribution is -0.130. The lowest BCUT2D eigenvalue weighted by Gasteiger charge is -2.22. The molecular formula is C21H25FN6O3S2. The molecule has 0 aliphatic carbocycles. The molecule has 0 radical (unpaired) electrons. The van der Waals surface area contributed by atoms with E-state index in [9.17, 15) is 18.8 Å². The topological polar surface area (TPSA) is 107 Å². The SMILES string of the molecule is CN1CCc2nc(C(=O)NC(CNC(=S)C(=O)Nc3ccc(F)cc3)C(=O)N(C)C)sc2C1. The van der Waals surface area contributed by atoms with E-state index in [1.54, 1.807) is 14.1 Å². The molecular weight excluding hydrogens is 467 g/mol. The molecule has 1 atom stereocenters. The number of likely N-dealkylation sites (N-methyl/N-ethyl adjacent to an activating group) is 2. The number of carbonyl (C=O) groups is 3. The monoisotopic (exact) mass is 492 g/mol. The van der Waals surface area contributed by atoms with Gasteiger partial charge in [0.1, 0.15) is 11.9 Å². The molecule has 9 nitrogen and oxygen atoms in total. The van der Waals surface area contributed by atoms with Crippen LogP contribution >= 0.6 is 23.6 Å². The molecule has 0 bridgehead atoms. The maximum absolute atomic E-state index is 13.0. The van der Waals surface area contributed by atoms with E-state index in [0.29, 0.717) is 10.7 Å². The highest BCUT2D eigenvalue weighted by Crippen LogP contribution is 2.24. The van der Waals surface area contributed by atoms with Gasteiger partial charge < -0.3 is 25.8 Å². The molecule has 1 aliphatic heterocycles. The summed E-state index contributed by atoms with van der Waals surface area (Å²) in [6, 6.07) is 4.26. The first-order valence-electron chi connectivity index (χ1n) is 10.2. The first-order valence-corrected chi connectivity index (χ1v) is 11.4. The van der Waals surface area contributed by atoms with Crippen LogP contribution < -0.4 is 16.0 Å². The fraction of sp³-hybridized carbons (Fsp3) is 0.381. The van der Waals surface area contributed by atoms with Crippen molar-refractivity contribution in [1.82, 2.24) is 25.4 Å². The van der Waals surface area contributed by atoms with Crippen LogP contribution in [-0.4, -0.2) is 77.8 Å². The summed E-state index contributed by atoms with van der Waals surface area (Å²) < 4.78 is 13.0. The van der Waals surface area contributed by atoms with Crippen LogP contribution in [0.4, 0.5) is 10.1 Å². The highest BCUT2D eigenvalue weighted by atomic mass is 32.1. The van der Waals surface area contributed by atoms with Crippen LogP contribution in [0.5, 0.6) is 0 Å². The fourth-order valence-electron chi connectivity index (χ4n) is 3.15. The van der Waals surface area contributed by atoms with Crippen molar-refractivity contribution in [2.24, 2.45) is 0 Å². The first-order chi connectivity index (χ1) is 15.6. The summed E-state index contributed by atoms with van der Waals surface area (Å²) in [5.74, 6) is -1.86. The Kier molecular flexibility index (Phi) is 8.06. The van der Waals surface area contributed by atoms with Crippen molar-refractivity contribution in [3.8, 4) is 0 Å². The number of hydrogen-bond donors (Lipinski definition) is 3. The van der Waals surface area contributed by atoms with Crippen molar-refractivity contribution in [3.05, 3.63) is 45.7 Å². The molecule has 3 N–H and O–H groups in total. The van der Waals surface area contributed by atoms with Gasteiger partial charge >= 0.3 is 0 Å². The summed E-state index contributed by atoms with van der Waals surface area (Å²) in [4.78, 5) is 46.5. The van der Waals surface area contributed by atoms with Gasteiger partial charge in [-0.25, -0.2) is 9.37 Å². The molecule has 1 aliphatic rings. The van der Waals surface area contributed by atoms with E-state index in [4.69, 9.17) is 12.2 Å². The van der Waals surface area contributed by atoms with E-state index >= 15 is 0 Å². The van der Waals surface area contributed by atoms with Crippen LogP contribution in [0, 0.1) is 5.82 Å². The van der Waals surface area contributed by atoms with E-state index in [1.807, 2.05) is 7.05 Å². The van der Waals surface area contributed by atoms with E-state index in [-0.39, 0.29) is 17.4 Å². The second-order valence-electron chi connectivity index (χ2n) is 7.81. The number of nitrogens with zero attached hydrogens (tertiary/aromatic N) is 3. The molecule has 2 heterocycles. The van der Waals surface area contributed by atoms with Gasteiger partial charge in [-0.15, -0.1) is 11.3 Å². The van der Waals surface area contributed by atoms with Gasteiger partial charge in [0.2, 0.25) is 5.91 Å². The third-order valence-corrected chi connectivity index (χ3v) is 6.35. The Morgan fingerprint density at radius 3 is 2.64 bits per heavy atom. The number of aromatic nitrogens is 1. The zero-order valence-corrected chi connectivity index (χ0v) is 20.1. The molecule has 0 spiro atoms. The summed E-state index contributed by atoms with van der Waals surface area (Å²) in [5, 5.41) is 8.25. The number of anilines is 1. The summed E-state index contributed by atoms with van der Waals surface area (Å²) in [5.41, 5.74) is 1.29. The van der Waals surface area contributed by atoms with Crippen LogP contribution in [0.25, 0.3) is 0 Å². The largest absolute Gasteiger partial charge is 0.369 e. The molecule has 3 rings (SSSR count). The van der Waals surface area contributed by atoms with Gasteiger partial charge in [0.15, 0.2) is 10.00 Å². The summed E-state index contributed by atoms with van der Waals surface area (Å²) >= 11 is 6.41. The number of rotatable bonds is 6. The number of fused-ring (bicyclic) bond motifs is 1. The highest BCUT2D eigenvalue weighted by Gasteiger charge is 2.27. The molecule has 12 heteroatoms. The predicted molar refractivity (Wildman–Crippen MR) is 128 cm³/mol. The van der Waals surface area contributed by atoms with Crippen molar-refractivity contribution in [3.63, 3.8) is 0 Å². The van der Waals surface area contributed by atoms with Gasteiger partial charge in [-0.3, -0.25) is 14.4 Å². The maximum atomic E-state index is 13.0. The van der Waals surface area contributed by atoms with Crippen molar-refractivity contribution >= 4 is 52.0 Å². The minimum atomic E-state index is -0.965. The molecule has 3 amide bonds. The third kappa shape index (κ3) is 6.53. The lowest BCUT2D eigenvalue weighted by atomic mass is 10.2.